The molecule has 1 aliphatic heterocycles. The molecule has 2 heteroatoms. The topological polar surface area (TPSA) is 12.5 Å². The second kappa shape index (κ2) is 6.49. The molecule has 2 nitrogen and oxygen atoms in total. The smallest absolute Gasteiger partial charge is 0.0597 e. The molecule has 0 aromatic carbocycles. The molecule has 0 N–H and O–H groups in total. The monoisotopic (exact) mass is 213 g/mol. The van der Waals surface area contributed by atoms with Crippen LogP contribution in [0.3, 0.4) is 0 Å². The highest BCUT2D eigenvalue weighted by Gasteiger charge is 2.17. The molecule has 2 atom stereocenters. The van der Waals surface area contributed by atoms with E-state index >= 15 is 0 Å². The lowest BCUT2D eigenvalue weighted by molar-refractivity contribution is 0.00782. The third kappa shape index (κ3) is 4.52. The summed E-state index contributed by atoms with van der Waals surface area (Å²) in [6.07, 6.45) is 3.14. The zero-order chi connectivity index (χ0) is 11.3. The fraction of sp³-hybridized carbons (Fsp3) is 1.00. The van der Waals surface area contributed by atoms with Gasteiger partial charge in [0.25, 0.3) is 0 Å². The standard InChI is InChI=1S/C13H27NO/c1-11(2)12(3)13(4)15-10-9-14-7-5-6-8-14/h11-13H,5-10H2,1-4H3/t12-,13?/m1/s1. The molecule has 0 saturated carbocycles. The van der Waals surface area contributed by atoms with Gasteiger partial charge in [0.1, 0.15) is 0 Å². The minimum absolute atomic E-state index is 0.396. The van der Waals surface area contributed by atoms with E-state index in [1.54, 1.807) is 0 Å². The van der Waals surface area contributed by atoms with Gasteiger partial charge in [-0.05, 0) is 44.7 Å². The summed E-state index contributed by atoms with van der Waals surface area (Å²) in [5.74, 6) is 1.37. The normalized spacial score (nSPS) is 22.2. The van der Waals surface area contributed by atoms with E-state index in [1.807, 2.05) is 0 Å². The summed E-state index contributed by atoms with van der Waals surface area (Å²) in [5, 5.41) is 0. The zero-order valence-corrected chi connectivity index (χ0v) is 10.8. The highest BCUT2D eigenvalue weighted by atomic mass is 16.5. The second-order valence-corrected chi connectivity index (χ2v) is 5.23. The van der Waals surface area contributed by atoms with Crippen LogP contribution >= 0.6 is 0 Å². The SMILES string of the molecule is CC(C)[C@@H](C)C(C)OCCN1CCCC1. The number of ether oxygens (including phenoxy) is 1. The van der Waals surface area contributed by atoms with Gasteiger partial charge in [-0.15, -0.1) is 0 Å². The van der Waals surface area contributed by atoms with Crippen molar-refractivity contribution in [2.45, 2.75) is 46.6 Å². The van der Waals surface area contributed by atoms with Crippen molar-refractivity contribution in [1.29, 1.82) is 0 Å². The highest BCUT2D eigenvalue weighted by molar-refractivity contribution is 4.67. The van der Waals surface area contributed by atoms with Gasteiger partial charge < -0.3 is 9.64 Å². The van der Waals surface area contributed by atoms with E-state index in [2.05, 4.69) is 32.6 Å². The summed E-state index contributed by atoms with van der Waals surface area (Å²) in [6, 6.07) is 0. The predicted octanol–water partition coefficient (Wildman–Crippen LogP) is 2.78. The lowest BCUT2D eigenvalue weighted by Gasteiger charge is -2.24. The average molecular weight is 213 g/mol. The predicted molar refractivity (Wildman–Crippen MR) is 65.1 cm³/mol. The Balaban J connectivity index is 2.08. The van der Waals surface area contributed by atoms with Crippen LogP contribution in [0.25, 0.3) is 0 Å². The van der Waals surface area contributed by atoms with Crippen LogP contribution < -0.4 is 0 Å². The summed E-state index contributed by atoms with van der Waals surface area (Å²) in [4.78, 5) is 2.51. The Kier molecular flexibility index (Phi) is 5.62. The summed E-state index contributed by atoms with van der Waals surface area (Å²) in [5.41, 5.74) is 0. The van der Waals surface area contributed by atoms with E-state index in [-0.39, 0.29) is 0 Å². The molecule has 0 aliphatic carbocycles. The highest BCUT2D eigenvalue weighted by Crippen LogP contribution is 2.17. The Bertz CT molecular complexity index is 164. The average Bonchev–Trinajstić information content (AvgIpc) is 2.69. The Morgan fingerprint density at radius 3 is 2.20 bits per heavy atom. The first-order valence-electron chi connectivity index (χ1n) is 6.45. The Hall–Kier alpha value is -0.0800. The molecule has 1 heterocycles. The molecule has 0 radical (unpaired) electrons. The van der Waals surface area contributed by atoms with E-state index < -0.39 is 0 Å². The van der Waals surface area contributed by atoms with Crippen LogP contribution in [0.2, 0.25) is 0 Å². The quantitative estimate of drug-likeness (QED) is 0.672. The number of nitrogens with zero attached hydrogens (tertiary/aromatic N) is 1. The molecular formula is C13H27NO. The first-order chi connectivity index (χ1) is 7.11. The van der Waals surface area contributed by atoms with E-state index in [0.29, 0.717) is 17.9 Å². The lowest BCUT2D eigenvalue weighted by Crippen LogP contribution is -2.29. The van der Waals surface area contributed by atoms with Gasteiger partial charge in [-0.1, -0.05) is 20.8 Å². The summed E-state index contributed by atoms with van der Waals surface area (Å²) in [7, 11) is 0. The minimum atomic E-state index is 0.396. The first kappa shape index (κ1) is 13.0. The molecule has 15 heavy (non-hydrogen) atoms. The van der Waals surface area contributed by atoms with E-state index in [9.17, 15) is 0 Å². The Labute approximate surface area is 95.0 Å². The Morgan fingerprint density at radius 1 is 1.07 bits per heavy atom. The fourth-order valence-electron chi connectivity index (χ4n) is 2.07. The van der Waals surface area contributed by atoms with Gasteiger partial charge in [-0.25, -0.2) is 0 Å². The number of likely N-dealkylation sites (tertiary alicyclic amines) is 1. The van der Waals surface area contributed by atoms with Gasteiger partial charge >= 0.3 is 0 Å². The fourth-order valence-corrected chi connectivity index (χ4v) is 2.07. The van der Waals surface area contributed by atoms with Crippen LogP contribution in [0.5, 0.6) is 0 Å². The molecule has 1 saturated heterocycles. The number of rotatable bonds is 6. The van der Waals surface area contributed by atoms with Crippen molar-refractivity contribution in [3.05, 3.63) is 0 Å². The number of hydrogen-bond donors (Lipinski definition) is 0. The summed E-state index contributed by atoms with van der Waals surface area (Å²) >= 11 is 0. The van der Waals surface area contributed by atoms with Crippen LogP contribution in [0.4, 0.5) is 0 Å². The van der Waals surface area contributed by atoms with Crippen molar-refractivity contribution in [3.8, 4) is 0 Å². The molecule has 1 unspecified atom stereocenters. The van der Waals surface area contributed by atoms with Gasteiger partial charge in [0.2, 0.25) is 0 Å². The Morgan fingerprint density at radius 2 is 1.67 bits per heavy atom. The van der Waals surface area contributed by atoms with Crippen LogP contribution in [0.1, 0.15) is 40.5 Å². The van der Waals surface area contributed by atoms with Crippen LogP contribution in [-0.2, 0) is 4.74 Å². The van der Waals surface area contributed by atoms with Crippen molar-refractivity contribution in [2.75, 3.05) is 26.2 Å². The molecule has 1 aliphatic rings. The summed E-state index contributed by atoms with van der Waals surface area (Å²) in [6.45, 7) is 13.6. The van der Waals surface area contributed by atoms with Crippen molar-refractivity contribution >= 4 is 0 Å². The van der Waals surface area contributed by atoms with Crippen LogP contribution in [0.15, 0.2) is 0 Å². The maximum atomic E-state index is 5.89. The largest absolute Gasteiger partial charge is 0.377 e. The van der Waals surface area contributed by atoms with Gasteiger partial charge in [-0.3, -0.25) is 0 Å². The van der Waals surface area contributed by atoms with E-state index in [0.717, 1.165) is 13.2 Å². The van der Waals surface area contributed by atoms with Crippen molar-refractivity contribution < 1.29 is 4.74 Å². The maximum absolute atomic E-state index is 5.89. The van der Waals surface area contributed by atoms with Crippen molar-refractivity contribution in [2.24, 2.45) is 11.8 Å². The zero-order valence-electron chi connectivity index (χ0n) is 10.8. The molecule has 0 aromatic rings. The molecule has 90 valence electrons. The third-order valence-corrected chi connectivity index (χ3v) is 3.78. The van der Waals surface area contributed by atoms with Crippen LogP contribution in [-0.4, -0.2) is 37.2 Å². The maximum Gasteiger partial charge on any atom is 0.0597 e. The third-order valence-electron chi connectivity index (χ3n) is 3.78. The molecule has 0 aromatic heterocycles. The lowest BCUT2D eigenvalue weighted by atomic mass is 9.93. The molecule has 0 spiro atoms. The van der Waals surface area contributed by atoms with E-state index in [4.69, 9.17) is 4.74 Å². The van der Waals surface area contributed by atoms with Gasteiger partial charge in [0.05, 0.1) is 12.7 Å². The molecule has 1 rings (SSSR count). The second-order valence-electron chi connectivity index (χ2n) is 5.23. The van der Waals surface area contributed by atoms with Crippen molar-refractivity contribution in [3.63, 3.8) is 0 Å². The van der Waals surface area contributed by atoms with Gasteiger partial charge in [0, 0.05) is 6.54 Å². The molecular weight excluding hydrogens is 186 g/mol. The first-order valence-corrected chi connectivity index (χ1v) is 6.45. The van der Waals surface area contributed by atoms with Gasteiger partial charge in [-0.2, -0.15) is 0 Å². The molecule has 0 amide bonds. The van der Waals surface area contributed by atoms with E-state index in [1.165, 1.54) is 25.9 Å². The number of hydrogen-bond acceptors (Lipinski definition) is 2. The van der Waals surface area contributed by atoms with Gasteiger partial charge in [0.15, 0.2) is 0 Å². The molecule has 1 fully saturated rings. The minimum Gasteiger partial charge on any atom is -0.377 e. The van der Waals surface area contributed by atoms with Crippen LogP contribution in [0, 0.1) is 11.8 Å². The molecule has 0 bridgehead atoms. The van der Waals surface area contributed by atoms with Crippen molar-refractivity contribution in [1.82, 2.24) is 4.90 Å². The summed E-state index contributed by atoms with van der Waals surface area (Å²) < 4.78 is 5.89.